The third-order valence-corrected chi connectivity index (χ3v) is 7.58. The number of nitrogens with zero attached hydrogens (tertiary/aromatic N) is 4. The van der Waals surface area contributed by atoms with E-state index in [9.17, 15) is 4.79 Å². The molecule has 4 N–H and O–H groups in total. The number of nitrogens with one attached hydrogen (secondary N) is 4. The van der Waals surface area contributed by atoms with Crippen molar-refractivity contribution >= 4 is 40.8 Å². The molecule has 1 aliphatic carbocycles. The molecule has 4 aliphatic rings. The highest BCUT2D eigenvalue weighted by atomic mass is 32.2. The molecule has 1 aromatic carbocycles. The Morgan fingerprint density at radius 1 is 1.03 bits per heavy atom. The van der Waals surface area contributed by atoms with E-state index in [1.807, 2.05) is 36.4 Å². The molecule has 3 aliphatic heterocycles. The Labute approximate surface area is 202 Å². The number of benzene rings is 1. The van der Waals surface area contributed by atoms with Crippen molar-refractivity contribution in [2.75, 3.05) is 29.0 Å². The molecule has 1 saturated carbocycles. The number of amides is 1. The van der Waals surface area contributed by atoms with Crippen LogP contribution in [-0.2, 0) is 4.79 Å². The lowest BCUT2D eigenvalue weighted by Crippen LogP contribution is -2.52. The van der Waals surface area contributed by atoms with Crippen LogP contribution in [0, 0.1) is 11.8 Å². The van der Waals surface area contributed by atoms with Gasteiger partial charge in [-0.25, -0.2) is 9.97 Å². The number of carbonyl (C=O) groups excluding carboxylic acids is 1. The first-order chi connectivity index (χ1) is 16.7. The second kappa shape index (κ2) is 9.27. The van der Waals surface area contributed by atoms with Gasteiger partial charge in [0.1, 0.15) is 17.5 Å². The van der Waals surface area contributed by atoms with Gasteiger partial charge in [0.25, 0.3) is 0 Å². The van der Waals surface area contributed by atoms with Crippen LogP contribution in [0.5, 0.6) is 0 Å². The van der Waals surface area contributed by atoms with Crippen LogP contribution < -0.4 is 16.0 Å². The molecule has 9 nitrogen and oxygen atoms in total. The summed E-state index contributed by atoms with van der Waals surface area (Å²) in [6.45, 7) is 2.30. The van der Waals surface area contributed by atoms with Gasteiger partial charge in [0.05, 0.1) is 12.4 Å². The van der Waals surface area contributed by atoms with Crippen LogP contribution in [0.2, 0.25) is 0 Å². The zero-order valence-electron chi connectivity index (χ0n) is 18.8. The molecular formula is C24H28N8OS. The number of fused-ring (bicyclic) bond motifs is 3. The van der Waals surface area contributed by atoms with Gasteiger partial charge in [-0.1, -0.05) is 0 Å². The first-order valence-electron chi connectivity index (χ1n) is 11.9. The molecule has 1 amide bonds. The Bertz CT molecular complexity index is 1140. The molecule has 1 atom stereocenters. The second-order valence-electron chi connectivity index (χ2n) is 9.28. The van der Waals surface area contributed by atoms with E-state index < -0.39 is 0 Å². The van der Waals surface area contributed by atoms with Crippen molar-refractivity contribution in [3.8, 4) is 0 Å². The summed E-state index contributed by atoms with van der Waals surface area (Å²) in [4.78, 5) is 25.1. The monoisotopic (exact) mass is 476 g/mol. The first kappa shape index (κ1) is 21.4. The van der Waals surface area contributed by atoms with Gasteiger partial charge >= 0.3 is 0 Å². The summed E-state index contributed by atoms with van der Waals surface area (Å²) in [7, 11) is 0. The maximum Gasteiger partial charge on any atom is 0.227 e. The maximum atomic E-state index is 12.0. The Kier molecular flexibility index (Phi) is 5.84. The number of piperidine rings is 3. The van der Waals surface area contributed by atoms with E-state index in [0.29, 0.717) is 17.1 Å². The minimum absolute atomic E-state index is 0.115. The van der Waals surface area contributed by atoms with Gasteiger partial charge in [0.15, 0.2) is 5.16 Å². The summed E-state index contributed by atoms with van der Waals surface area (Å²) >= 11 is 1.50. The molecule has 176 valence electrons. The van der Waals surface area contributed by atoms with E-state index in [1.165, 1.54) is 24.6 Å². The topological polar surface area (TPSA) is 111 Å². The first-order valence-corrected chi connectivity index (χ1v) is 12.7. The minimum Gasteiger partial charge on any atom is -0.354 e. The highest BCUT2D eigenvalue weighted by molar-refractivity contribution is 7.99. The molecule has 2 bridgehead atoms. The Hall–Kier alpha value is -3.11. The smallest absolute Gasteiger partial charge is 0.227 e. The van der Waals surface area contributed by atoms with Gasteiger partial charge < -0.3 is 16.0 Å². The summed E-state index contributed by atoms with van der Waals surface area (Å²) in [5.74, 6) is 3.40. The maximum absolute atomic E-state index is 12.0. The molecule has 10 heteroatoms. The fourth-order valence-electron chi connectivity index (χ4n) is 4.66. The van der Waals surface area contributed by atoms with E-state index >= 15 is 0 Å². The fourth-order valence-corrected chi connectivity index (χ4v) is 5.43. The summed E-state index contributed by atoms with van der Waals surface area (Å²) in [5, 5.41) is 17.5. The van der Waals surface area contributed by atoms with Crippen molar-refractivity contribution < 1.29 is 4.79 Å². The van der Waals surface area contributed by atoms with Crippen LogP contribution in [0.15, 0.2) is 52.6 Å². The number of H-pyrrole nitrogens is 1. The zero-order valence-corrected chi connectivity index (χ0v) is 19.6. The summed E-state index contributed by atoms with van der Waals surface area (Å²) in [6.07, 6.45) is 7.76. The summed E-state index contributed by atoms with van der Waals surface area (Å²) < 4.78 is 0. The molecule has 3 aromatic rings. The van der Waals surface area contributed by atoms with Gasteiger partial charge in [-0.2, -0.15) is 5.10 Å². The lowest BCUT2D eigenvalue weighted by atomic mass is 9.86. The Morgan fingerprint density at radius 2 is 1.82 bits per heavy atom. The van der Waals surface area contributed by atoms with Crippen LogP contribution >= 0.6 is 11.8 Å². The predicted molar refractivity (Wildman–Crippen MR) is 132 cm³/mol. The molecule has 4 fully saturated rings. The van der Waals surface area contributed by atoms with Crippen molar-refractivity contribution in [3.05, 3.63) is 42.6 Å². The normalized spacial score (nSPS) is 23.5. The molecule has 0 unspecified atom stereocenters. The van der Waals surface area contributed by atoms with Gasteiger partial charge in [0.2, 0.25) is 5.91 Å². The zero-order chi connectivity index (χ0) is 22.9. The van der Waals surface area contributed by atoms with Crippen molar-refractivity contribution in [2.45, 2.75) is 48.3 Å². The third-order valence-electron chi connectivity index (χ3n) is 6.71. The second-order valence-corrected chi connectivity index (χ2v) is 10.3. The molecule has 5 heterocycles. The average Bonchev–Trinajstić information content (AvgIpc) is 3.58. The molecule has 3 saturated heterocycles. The molecular weight excluding hydrogens is 448 g/mol. The molecule has 0 radical (unpaired) electrons. The van der Waals surface area contributed by atoms with Crippen LogP contribution in [0.1, 0.15) is 32.1 Å². The van der Waals surface area contributed by atoms with Crippen LogP contribution in [-0.4, -0.2) is 50.2 Å². The van der Waals surface area contributed by atoms with Crippen molar-refractivity contribution in [1.29, 1.82) is 0 Å². The number of anilines is 4. The Morgan fingerprint density at radius 3 is 2.50 bits per heavy atom. The number of carbonyl (C=O) groups is 1. The van der Waals surface area contributed by atoms with Gasteiger partial charge in [-0.05, 0) is 74.0 Å². The van der Waals surface area contributed by atoms with E-state index in [2.05, 4.69) is 31.0 Å². The van der Waals surface area contributed by atoms with E-state index in [1.54, 1.807) is 6.20 Å². The molecule has 0 spiro atoms. The summed E-state index contributed by atoms with van der Waals surface area (Å²) in [5.41, 5.74) is 0.820. The summed E-state index contributed by atoms with van der Waals surface area (Å²) in [6, 6.07) is 11.7. The third kappa shape index (κ3) is 5.02. The van der Waals surface area contributed by atoms with Crippen molar-refractivity contribution in [1.82, 2.24) is 25.1 Å². The lowest BCUT2D eigenvalue weighted by molar-refractivity contribution is -0.117. The number of rotatable bonds is 8. The molecule has 34 heavy (non-hydrogen) atoms. The number of aromatic amines is 1. The quantitative estimate of drug-likeness (QED) is 0.356. The number of hydrogen-bond donors (Lipinski definition) is 4. The number of aromatic nitrogens is 4. The van der Waals surface area contributed by atoms with Crippen LogP contribution in [0.3, 0.4) is 0 Å². The molecule has 7 rings (SSSR count). The van der Waals surface area contributed by atoms with Crippen molar-refractivity contribution in [3.63, 3.8) is 0 Å². The molecule has 2 aromatic heterocycles. The van der Waals surface area contributed by atoms with Crippen molar-refractivity contribution in [2.24, 2.45) is 11.8 Å². The lowest BCUT2D eigenvalue weighted by Gasteiger charge is -2.45. The minimum atomic E-state index is 0.115. The van der Waals surface area contributed by atoms with Gasteiger partial charge in [0, 0.05) is 41.7 Å². The standard InChI is InChI=1S/C24H28N8OS/c33-23(16-1-2-16)26-17-3-5-18(6-4-17)34-24-29-20(27-19-7-10-25-31-19)14-21(30-24)28-22-13-15-8-11-32(22)12-9-15/h3-7,10,14-16,22H,1-2,8-9,11-13H2,(H,26,33)(H3,25,27,28,29,30,31)/t22-/m1/s1. The number of hydrogen-bond acceptors (Lipinski definition) is 8. The van der Waals surface area contributed by atoms with E-state index in [-0.39, 0.29) is 11.8 Å². The highest BCUT2D eigenvalue weighted by Gasteiger charge is 2.33. The van der Waals surface area contributed by atoms with E-state index in [4.69, 9.17) is 9.97 Å². The largest absolute Gasteiger partial charge is 0.354 e. The highest BCUT2D eigenvalue weighted by Crippen LogP contribution is 2.34. The Balaban J connectivity index is 1.20. The average molecular weight is 477 g/mol. The predicted octanol–water partition coefficient (Wildman–Crippen LogP) is 4.30. The fraction of sp³-hybridized carbons (Fsp3) is 0.417. The van der Waals surface area contributed by atoms with Gasteiger partial charge in [-0.15, -0.1) is 0 Å². The van der Waals surface area contributed by atoms with Crippen LogP contribution in [0.25, 0.3) is 0 Å². The van der Waals surface area contributed by atoms with Crippen LogP contribution in [0.4, 0.5) is 23.1 Å². The SMILES string of the molecule is O=C(Nc1ccc(Sc2nc(Nc3ccn[nH]3)cc(N[C@H]3CC4CCN3CC4)n2)cc1)C1CC1. The van der Waals surface area contributed by atoms with E-state index in [0.717, 1.165) is 60.5 Å². The van der Waals surface area contributed by atoms with Gasteiger partial charge in [-0.3, -0.25) is 14.8 Å².